The van der Waals surface area contributed by atoms with Gasteiger partial charge in [0.25, 0.3) is 0 Å². The molecule has 0 radical (unpaired) electrons. The number of amides is 1. The van der Waals surface area contributed by atoms with E-state index in [1.54, 1.807) is 0 Å². The maximum atomic E-state index is 11.7. The topological polar surface area (TPSA) is 72.3 Å². The molecule has 2 aliphatic rings. The lowest BCUT2D eigenvalue weighted by Crippen LogP contribution is -2.61. The molecule has 1 N–H and O–H groups in total. The Hall–Kier alpha value is -2.13. The van der Waals surface area contributed by atoms with Crippen LogP contribution < -0.4 is 10.2 Å². The van der Waals surface area contributed by atoms with Gasteiger partial charge in [0.1, 0.15) is 11.9 Å². The van der Waals surface area contributed by atoms with Crippen LogP contribution in [0.2, 0.25) is 0 Å². The molecule has 3 heterocycles. The summed E-state index contributed by atoms with van der Waals surface area (Å²) in [6.07, 6.45) is 2.34. The van der Waals surface area contributed by atoms with E-state index in [4.69, 9.17) is 0 Å². The number of carbonyl (C=O) groups excluding carboxylic acids is 1. The molecule has 1 atom stereocenters. The molecule has 23 heavy (non-hydrogen) atoms. The van der Waals surface area contributed by atoms with Gasteiger partial charge in [-0.2, -0.15) is 5.26 Å². The number of likely N-dealkylation sites (N-methyl/N-ethyl adjacent to an activating group) is 1. The quantitative estimate of drug-likeness (QED) is 0.839. The largest absolute Gasteiger partial charge is 0.356 e. The van der Waals surface area contributed by atoms with Crippen LogP contribution in [-0.2, 0) is 4.79 Å². The van der Waals surface area contributed by atoms with Crippen molar-refractivity contribution in [1.82, 2.24) is 15.2 Å². The number of aryl methyl sites for hydroxylation is 1. The van der Waals surface area contributed by atoms with Crippen LogP contribution in [0, 0.1) is 18.3 Å². The number of nitriles is 1. The zero-order chi connectivity index (χ0) is 16.4. The van der Waals surface area contributed by atoms with Crippen LogP contribution in [0.15, 0.2) is 12.1 Å². The SMILES string of the molecule is Cc1ccc(C#N)c(N2CCN(C)[C@@]3(CCNC(=O)CC3)C2)n1. The number of nitrogens with zero attached hydrogens (tertiary/aromatic N) is 4. The van der Waals surface area contributed by atoms with E-state index in [2.05, 4.69) is 33.2 Å². The summed E-state index contributed by atoms with van der Waals surface area (Å²) in [5, 5.41) is 12.4. The Kier molecular flexibility index (Phi) is 4.22. The van der Waals surface area contributed by atoms with Crippen LogP contribution in [0.3, 0.4) is 0 Å². The van der Waals surface area contributed by atoms with Gasteiger partial charge in [0.15, 0.2) is 0 Å². The molecule has 6 heteroatoms. The van der Waals surface area contributed by atoms with Gasteiger partial charge in [-0.15, -0.1) is 0 Å². The molecule has 0 aliphatic carbocycles. The van der Waals surface area contributed by atoms with Crippen molar-refractivity contribution in [1.29, 1.82) is 5.26 Å². The van der Waals surface area contributed by atoms with Crippen LogP contribution in [0.25, 0.3) is 0 Å². The molecule has 0 unspecified atom stereocenters. The Morgan fingerprint density at radius 3 is 2.96 bits per heavy atom. The number of hydrogen-bond donors (Lipinski definition) is 1. The summed E-state index contributed by atoms with van der Waals surface area (Å²) < 4.78 is 0. The minimum Gasteiger partial charge on any atom is -0.356 e. The molecule has 1 aromatic rings. The van der Waals surface area contributed by atoms with E-state index < -0.39 is 0 Å². The van der Waals surface area contributed by atoms with Crippen molar-refractivity contribution in [2.75, 3.05) is 38.1 Å². The molecule has 2 saturated heterocycles. The molecule has 3 rings (SSSR count). The summed E-state index contributed by atoms with van der Waals surface area (Å²) in [6.45, 7) is 5.23. The summed E-state index contributed by atoms with van der Waals surface area (Å²) in [6, 6.07) is 5.98. The summed E-state index contributed by atoms with van der Waals surface area (Å²) in [7, 11) is 2.14. The molecular formula is C17H23N5O. The first kappa shape index (κ1) is 15.8. The maximum absolute atomic E-state index is 11.7. The Bertz CT molecular complexity index is 653. The number of rotatable bonds is 1. The van der Waals surface area contributed by atoms with E-state index in [1.807, 2.05) is 19.1 Å². The first-order valence-corrected chi connectivity index (χ1v) is 8.15. The lowest BCUT2D eigenvalue weighted by molar-refractivity contribution is -0.120. The van der Waals surface area contributed by atoms with Gasteiger partial charge in [-0.05, 0) is 38.9 Å². The molecular weight excluding hydrogens is 290 g/mol. The third-order valence-corrected chi connectivity index (χ3v) is 5.16. The van der Waals surface area contributed by atoms with Crippen molar-refractivity contribution in [3.8, 4) is 6.07 Å². The Morgan fingerprint density at radius 1 is 1.35 bits per heavy atom. The summed E-state index contributed by atoms with van der Waals surface area (Å²) in [5.74, 6) is 0.919. The van der Waals surface area contributed by atoms with E-state index in [0.717, 1.165) is 44.0 Å². The van der Waals surface area contributed by atoms with Crippen molar-refractivity contribution in [3.63, 3.8) is 0 Å². The number of anilines is 1. The van der Waals surface area contributed by atoms with Crippen LogP contribution >= 0.6 is 0 Å². The predicted octanol–water partition coefficient (Wildman–Crippen LogP) is 1.05. The van der Waals surface area contributed by atoms with E-state index >= 15 is 0 Å². The van der Waals surface area contributed by atoms with Gasteiger partial charge in [-0.3, -0.25) is 9.69 Å². The maximum Gasteiger partial charge on any atom is 0.220 e. The Labute approximate surface area is 137 Å². The lowest BCUT2D eigenvalue weighted by Gasteiger charge is -2.49. The monoisotopic (exact) mass is 313 g/mol. The Morgan fingerprint density at radius 2 is 2.17 bits per heavy atom. The Balaban J connectivity index is 1.90. The highest BCUT2D eigenvalue weighted by molar-refractivity contribution is 5.76. The normalized spacial score (nSPS) is 25.8. The predicted molar refractivity (Wildman–Crippen MR) is 88.1 cm³/mol. The zero-order valence-electron chi connectivity index (χ0n) is 13.8. The van der Waals surface area contributed by atoms with Gasteiger partial charge in [-0.25, -0.2) is 4.98 Å². The minimum absolute atomic E-state index is 0.0322. The first-order valence-electron chi connectivity index (χ1n) is 8.15. The molecule has 1 amide bonds. The van der Waals surface area contributed by atoms with Crippen LogP contribution in [-0.4, -0.2) is 54.6 Å². The number of nitrogens with one attached hydrogen (secondary N) is 1. The fraction of sp³-hybridized carbons (Fsp3) is 0.588. The summed E-state index contributed by atoms with van der Waals surface area (Å²) >= 11 is 0. The highest BCUT2D eigenvalue weighted by Gasteiger charge is 2.41. The third kappa shape index (κ3) is 3.02. The van der Waals surface area contributed by atoms with Crippen LogP contribution in [0.4, 0.5) is 5.82 Å². The molecule has 0 bridgehead atoms. The van der Waals surface area contributed by atoms with Crippen molar-refractivity contribution in [2.24, 2.45) is 0 Å². The molecule has 2 fully saturated rings. The third-order valence-electron chi connectivity index (χ3n) is 5.16. The lowest BCUT2D eigenvalue weighted by atomic mass is 9.86. The number of piperazine rings is 1. The zero-order valence-corrected chi connectivity index (χ0v) is 13.8. The van der Waals surface area contributed by atoms with E-state index in [0.29, 0.717) is 18.5 Å². The molecule has 0 saturated carbocycles. The molecule has 1 spiro atoms. The van der Waals surface area contributed by atoms with Gasteiger partial charge in [-0.1, -0.05) is 0 Å². The average molecular weight is 313 g/mol. The van der Waals surface area contributed by atoms with Crippen LogP contribution in [0.1, 0.15) is 30.5 Å². The molecule has 6 nitrogen and oxygen atoms in total. The van der Waals surface area contributed by atoms with Crippen LogP contribution in [0.5, 0.6) is 0 Å². The van der Waals surface area contributed by atoms with Crippen molar-refractivity contribution in [3.05, 3.63) is 23.4 Å². The second kappa shape index (κ2) is 6.17. The number of hydrogen-bond acceptors (Lipinski definition) is 5. The standard InChI is InChI=1S/C17H23N5O/c1-13-3-4-14(11-18)16(20-13)22-10-9-21(2)17(12-22)6-5-15(23)19-8-7-17/h3-4H,5-10,12H2,1-2H3,(H,19,23)/t17-/m0/s1. The van der Waals surface area contributed by atoms with Gasteiger partial charge < -0.3 is 10.2 Å². The highest BCUT2D eigenvalue weighted by Crippen LogP contribution is 2.33. The van der Waals surface area contributed by atoms with Gasteiger partial charge in [0, 0.05) is 43.8 Å². The van der Waals surface area contributed by atoms with E-state index in [-0.39, 0.29) is 11.4 Å². The van der Waals surface area contributed by atoms with Gasteiger partial charge >= 0.3 is 0 Å². The minimum atomic E-state index is -0.0322. The van der Waals surface area contributed by atoms with Gasteiger partial charge in [0.2, 0.25) is 5.91 Å². The first-order chi connectivity index (χ1) is 11.0. The van der Waals surface area contributed by atoms with Gasteiger partial charge in [0.05, 0.1) is 5.56 Å². The number of pyridine rings is 1. The second-order valence-electron chi connectivity index (χ2n) is 6.60. The van der Waals surface area contributed by atoms with Crippen molar-refractivity contribution in [2.45, 2.75) is 31.7 Å². The average Bonchev–Trinajstić information content (AvgIpc) is 2.73. The summed E-state index contributed by atoms with van der Waals surface area (Å²) in [5.41, 5.74) is 1.51. The van der Waals surface area contributed by atoms with E-state index in [9.17, 15) is 10.1 Å². The second-order valence-corrected chi connectivity index (χ2v) is 6.60. The van der Waals surface area contributed by atoms with E-state index in [1.165, 1.54) is 0 Å². The highest BCUT2D eigenvalue weighted by atomic mass is 16.1. The number of aromatic nitrogens is 1. The molecule has 2 aliphatic heterocycles. The number of carbonyl (C=O) groups is 1. The fourth-order valence-electron chi connectivity index (χ4n) is 3.65. The smallest absolute Gasteiger partial charge is 0.220 e. The molecule has 1 aromatic heterocycles. The van der Waals surface area contributed by atoms with Crippen molar-refractivity contribution < 1.29 is 4.79 Å². The molecule has 0 aromatic carbocycles. The molecule has 122 valence electrons. The summed E-state index contributed by atoms with van der Waals surface area (Å²) in [4.78, 5) is 20.9. The van der Waals surface area contributed by atoms with Crippen molar-refractivity contribution >= 4 is 11.7 Å². The fourth-order valence-corrected chi connectivity index (χ4v) is 3.65.